The molecule has 0 bridgehead atoms. The van der Waals surface area contributed by atoms with Gasteiger partial charge < -0.3 is 11.1 Å². The van der Waals surface area contributed by atoms with Crippen LogP contribution in [-0.2, 0) is 7.05 Å². The van der Waals surface area contributed by atoms with Crippen molar-refractivity contribution in [2.24, 2.45) is 13.0 Å². The highest BCUT2D eigenvalue weighted by atomic mass is 32.1. The minimum absolute atomic E-state index is 0.0770. The summed E-state index contributed by atoms with van der Waals surface area (Å²) in [6.45, 7) is 6.97. The Morgan fingerprint density at radius 2 is 2.20 bits per heavy atom. The highest BCUT2D eigenvalue weighted by molar-refractivity contribution is 7.21. The molecule has 0 radical (unpaired) electrons. The quantitative estimate of drug-likeness (QED) is 0.833. The van der Waals surface area contributed by atoms with Crippen molar-refractivity contribution in [3.8, 4) is 0 Å². The van der Waals surface area contributed by atoms with Crippen LogP contribution in [0.5, 0.6) is 0 Å². The van der Waals surface area contributed by atoms with Gasteiger partial charge in [-0.2, -0.15) is 5.10 Å². The van der Waals surface area contributed by atoms with Crippen molar-refractivity contribution in [3.05, 3.63) is 10.6 Å². The van der Waals surface area contributed by atoms with Crippen LogP contribution >= 0.6 is 11.3 Å². The molecule has 0 aliphatic rings. The molecule has 0 atom stereocenters. The molecule has 0 spiro atoms. The third kappa shape index (κ3) is 2.80. The maximum atomic E-state index is 12.2. The molecule has 1 amide bonds. The number of carbonyl (C=O) groups excluding carboxylic acids is 1. The summed E-state index contributed by atoms with van der Waals surface area (Å²) in [6, 6.07) is 0. The molecule has 0 aliphatic heterocycles. The van der Waals surface area contributed by atoms with Gasteiger partial charge in [0, 0.05) is 13.6 Å². The number of amides is 1. The summed E-state index contributed by atoms with van der Waals surface area (Å²) < 4.78 is 1.78. The number of thiophene rings is 1. The Kier molecular flexibility index (Phi) is 4.32. The molecule has 0 aromatic carbocycles. The van der Waals surface area contributed by atoms with Gasteiger partial charge in [0.25, 0.3) is 5.91 Å². The fraction of sp³-hybridized carbons (Fsp3) is 0.571. The molecule has 0 fully saturated rings. The van der Waals surface area contributed by atoms with Gasteiger partial charge >= 0.3 is 0 Å². The lowest BCUT2D eigenvalue weighted by molar-refractivity contribution is 0.0957. The Bertz CT molecular complexity index is 627. The SMILES string of the molecule is Cc1nn(C)c2sc(C(=O)NCCCC(C)C)c(N)c12. The summed E-state index contributed by atoms with van der Waals surface area (Å²) in [5.74, 6) is 0.585. The Labute approximate surface area is 123 Å². The second-order valence-electron chi connectivity index (χ2n) is 5.53. The smallest absolute Gasteiger partial charge is 0.263 e. The van der Waals surface area contributed by atoms with Crippen LogP contribution in [0.25, 0.3) is 10.2 Å². The molecule has 0 aliphatic carbocycles. The van der Waals surface area contributed by atoms with Gasteiger partial charge in [-0.15, -0.1) is 11.3 Å². The van der Waals surface area contributed by atoms with Crippen LogP contribution in [0.4, 0.5) is 5.69 Å². The lowest BCUT2D eigenvalue weighted by Crippen LogP contribution is -2.24. The number of aryl methyl sites for hydroxylation is 2. The van der Waals surface area contributed by atoms with Crippen LogP contribution in [0, 0.1) is 12.8 Å². The first-order valence-corrected chi connectivity index (χ1v) is 7.73. The molecule has 110 valence electrons. The Morgan fingerprint density at radius 1 is 1.50 bits per heavy atom. The summed E-state index contributed by atoms with van der Waals surface area (Å²) in [4.78, 5) is 13.7. The van der Waals surface area contributed by atoms with E-state index in [-0.39, 0.29) is 5.91 Å². The van der Waals surface area contributed by atoms with E-state index in [1.54, 1.807) is 4.68 Å². The van der Waals surface area contributed by atoms with Crippen molar-refractivity contribution in [1.29, 1.82) is 0 Å². The molecule has 2 aromatic heterocycles. The van der Waals surface area contributed by atoms with Crippen LogP contribution in [0.3, 0.4) is 0 Å². The minimum Gasteiger partial charge on any atom is -0.397 e. The highest BCUT2D eigenvalue weighted by Gasteiger charge is 2.20. The number of carbonyl (C=O) groups is 1. The van der Waals surface area contributed by atoms with Gasteiger partial charge in [0.15, 0.2) is 0 Å². The molecular formula is C14H22N4OS. The van der Waals surface area contributed by atoms with E-state index in [1.165, 1.54) is 11.3 Å². The van der Waals surface area contributed by atoms with E-state index < -0.39 is 0 Å². The molecule has 20 heavy (non-hydrogen) atoms. The van der Waals surface area contributed by atoms with Crippen molar-refractivity contribution in [2.45, 2.75) is 33.6 Å². The number of nitrogen functional groups attached to an aromatic ring is 1. The number of nitrogens with two attached hydrogens (primary N) is 1. The lowest BCUT2D eigenvalue weighted by atomic mass is 10.1. The third-order valence-corrected chi connectivity index (χ3v) is 4.60. The fourth-order valence-corrected chi connectivity index (χ4v) is 3.39. The van der Waals surface area contributed by atoms with Crippen LogP contribution in [0.15, 0.2) is 0 Å². The molecule has 0 saturated carbocycles. The van der Waals surface area contributed by atoms with Gasteiger partial charge in [-0.25, -0.2) is 0 Å². The monoisotopic (exact) mass is 294 g/mol. The van der Waals surface area contributed by atoms with E-state index in [0.29, 0.717) is 23.0 Å². The number of nitrogens with one attached hydrogen (secondary N) is 1. The predicted molar refractivity (Wildman–Crippen MR) is 84.1 cm³/mol. The first-order chi connectivity index (χ1) is 9.41. The first kappa shape index (κ1) is 14.8. The van der Waals surface area contributed by atoms with Crippen molar-refractivity contribution in [2.75, 3.05) is 12.3 Å². The van der Waals surface area contributed by atoms with E-state index >= 15 is 0 Å². The van der Waals surface area contributed by atoms with Gasteiger partial charge in [-0.05, 0) is 25.7 Å². The molecule has 6 heteroatoms. The fourth-order valence-electron chi connectivity index (χ4n) is 2.29. The number of hydrogen-bond donors (Lipinski definition) is 2. The largest absolute Gasteiger partial charge is 0.397 e. The van der Waals surface area contributed by atoms with Crippen LogP contribution in [0.1, 0.15) is 42.1 Å². The molecule has 0 saturated heterocycles. The molecule has 2 rings (SSSR count). The molecule has 5 nitrogen and oxygen atoms in total. The van der Waals surface area contributed by atoms with Gasteiger partial charge in [0.05, 0.1) is 16.8 Å². The van der Waals surface area contributed by atoms with Gasteiger partial charge in [0.1, 0.15) is 9.71 Å². The Morgan fingerprint density at radius 3 is 2.80 bits per heavy atom. The number of hydrogen-bond acceptors (Lipinski definition) is 4. The van der Waals surface area contributed by atoms with Gasteiger partial charge in [-0.1, -0.05) is 13.8 Å². The van der Waals surface area contributed by atoms with E-state index in [1.807, 2.05) is 14.0 Å². The average molecular weight is 294 g/mol. The van der Waals surface area contributed by atoms with E-state index in [4.69, 9.17) is 5.73 Å². The molecule has 0 unspecified atom stereocenters. The summed E-state index contributed by atoms with van der Waals surface area (Å²) in [5.41, 5.74) is 7.53. The number of aromatic nitrogens is 2. The Hall–Kier alpha value is -1.56. The third-order valence-electron chi connectivity index (χ3n) is 3.33. The normalized spacial score (nSPS) is 11.4. The second-order valence-corrected chi connectivity index (χ2v) is 6.53. The Balaban J connectivity index is 2.11. The van der Waals surface area contributed by atoms with E-state index in [2.05, 4.69) is 24.3 Å². The zero-order valence-electron chi connectivity index (χ0n) is 12.5. The standard InChI is InChI=1S/C14H22N4OS/c1-8(2)6-5-7-16-13(19)12-11(15)10-9(3)17-18(4)14(10)20-12/h8H,5-7,15H2,1-4H3,(H,16,19). The number of rotatable bonds is 5. The molecule has 3 N–H and O–H groups in total. The maximum Gasteiger partial charge on any atom is 0.263 e. The molecule has 2 heterocycles. The molecule has 2 aromatic rings. The van der Waals surface area contributed by atoms with Crippen LogP contribution in [0.2, 0.25) is 0 Å². The summed E-state index contributed by atoms with van der Waals surface area (Å²) in [5, 5.41) is 8.18. The first-order valence-electron chi connectivity index (χ1n) is 6.91. The van der Waals surface area contributed by atoms with Crippen molar-refractivity contribution in [1.82, 2.24) is 15.1 Å². The predicted octanol–water partition coefficient (Wildman–Crippen LogP) is 2.69. The summed E-state index contributed by atoms with van der Waals surface area (Å²) in [6.07, 6.45) is 2.11. The number of fused-ring (bicyclic) bond motifs is 1. The lowest BCUT2D eigenvalue weighted by Gasteiger charge is -2.06. The number of nitrogens with zero attached hydrogens (tertiary/aromatic N) is 2. The zero-order chi connectivity index (χ0) is 14.9. The average Bonchev–Trinajstić information content (AvgIpc) is 2.85. The van der Waals surface area contributed by atoms with Crippen LogP contribution in [-0.4, -0.2) is 22.2 Å². The van der Waals surface area contributed by atoms with Crippen molar-refractivity contribution in [3.63, 3.8) is 0 Å². The summed E-state index contributed by atoms with van der Waals surface area (Å²) >= 11 is 1.41. The number of anilines is 1. The van der Waals surface area contributed by atoms with Crippen LogP contribution < -0.4 is 11.1 Å². The van der Waals surface area contributed by atoms with Gasteiger partial charge in [0.2, 0.25) is 0 Å². The highest BCUT2D eigenvalue weighted by Crippen LogP contribution is 2.35. The van der Waals surface area contributed by atoms with E-state index in [0.717, 1.165) is 28.8 Å². The van der Waals surface area contributed by atoms with Gasteiger partial charge in [-0.3, -0.25) is 9.48 Å². The minimum atomic E-state index is -0.0770. The van der Waals surface area contributed by atoms with E-state index in [9.17, 15) is 4.79 Å². The second kappa shape index (κ2) is 5.83. The molecular weight excluding hydrogens is 272 g/mol. The van der Waals surface area contributed by atoms with Crippen molar-refractivity contribution >= 4 is 33.1 Å². The maximum absolute atomic E-state index is 12.2. The zero-order valence-corrected chi connectivity index (χ0v) is 13.3. The topological polar surface area (TPSA) is 72.9 Å². The van der Waals surface area contributed by atoms with Crippen molar-refractivity contribution < 1.29 is 4.79 Å². The summed E-state index contributed by atoms with van der Waals surface area (Å²) in [7, 11) is 1.87.